The highest BCUT2D eigenvalue weighted by molar-refractivity contribution is 6.04. The van der Waals surface area contributed by atoms with E-state index < -0.39 is 23.7 Å². The summed E-state index contributed by atoms with van der Waals surface area (Å²) in [6.07, 6.45) is 0.827. The number of aldehydes is 1. The summed E-state index contributed by atoms with van der Waals surface area (Å²) in [4.78, 5) is 46.8. The van der Waals surface area contributed by atoms with Crippen molar-refractivity contribution < 1.29 is 23.6 Å². The molecule has 1 atom stereocenters. The molecule has 1 aromatic carbocycles. The van der Waals surface area contributed by atoms with Gasteiger partial charge in [0, 0.05) is 19.0 Å². The molecule has 6 nitrogen and oxygen atoms in total. The molecule has 0 heterocycles. The average molecular weight is 338 g/mol. The van der Waals surface area contributed by atoms with Gasteiger partial charge in [0.05, 0.1) is 0 Å². The van der Waals surface area contributed by atoms with Gasteiger partial charge < -0.3 is 10.1 Å². The van der Waals surface area contributed by atoms with Crippen molar-refractivity contribution in [1.82, 2.24) is 10.2 Å². The van der Waals surface area contributed by atoms with Gasteiger partial charge in [0.15, 0.2) is 0 Å². The molecule has 0 aliphatic carbocycles. The highest BCUT2D eigenvalue weighted by Crippen LogP contribution is 2.16. The van der Waals surface area contributed by atoms with E-state index in [0.29, 0.717) is 16.7 Å². The maximum atomic E-state index is 13.3. The zero-order valence-electron chi connectivity index (χ0n) is 14.3. The Bertz CT molecular complexity index is 590. The minimum atomic E-state index is -1.12. The molecule has 0 saturated carbocycles. The number of aryl methyl sites for hydroxylation is 1. The van der Waals surface area contributed by atoms with Crippen molar-refractivity contribution in [3.05, 3.63) is 35.1 Å². The maximum Gasteiger partial charge on any atom is 0.261 e. The van der Waals surface area contributed by atoms with Gasteiger partial charge in [0.25, 0.3) is 5.91 Å². The zero-order valence-corrected chi connectivity index (χ0v) is 14.3. The monoisotopic (exact) mass is 338 g/mol. The number of hydrogen-bond donors (Lipinski definition) is 1. The summed E-state index contributed by atoms with van der Waals surface area (Å²) in [5.74, 6) is -1.98. The lowest BCUT2D eigenvalue weighted by Gasteiger charge is -2.25. The third-order valence-electron chi connectivity index (χ3n) is 3.22. The van der Waals surface area contributed by atoms with Crippen molar-refractivity contribution in [3.63, 3.8) is 0 Å². The Morgan fingerprint density at radius 3 is 2.42 bits per heavy atom. The number of likely N-dealkylation sites (N-methyl/N-ethyl adjacent to an activating group) is 1. The number of benzene rings is 1. The van der Waals surface area contributed by atoms with Gasteiger partial charge in [-0.25, -0.2) is 4.39 Å². The van der Waals surface area contributed by atoms with Crippen LogP contribution < -0.4 is 5.32 Å². The molecule has 0 radical (unpaired) electrons. The quantitative estimate of drug-likeness (QED) is 0.769. The standard InChI is InChI=1S/C15H17FN2O4.C2H6/c1-10-5-6-11(16)8-12(10)15(22)18(9-20)13(4-3-7-19)14(21)17-2;1-2/h5-9,13H,3-4H2,1-2H3,(H,17,21);1-2H3. The Labute approximate surface area is 141 Å². The molecule has 1 unspecified atom stereocenters. The molecule has 1 N–H and O–H groups in total. The minimum Gasteiger partial charge on any atom is -0.357 e. The maximum absolute atomic E-state index is 13.3. The predicted octanol–water partition coefficient (Wildman–Crippen LogP) is 1.85. The summed E-state index contributed by atoms with van der Waals surface area (Å²) in [6, 6.07) is 2.49. The number of imide groups is 1. The molecular formula is C17H23FN2O4. The second-order valence-electron chi connectivity index (χ2n) is 4.65. The van der Waals surface area contributed by atoms with Gasteiger partial charge in [-0.15, -0.1) is 0 Å². The number of halogens is 1. The zero-order chi connectivity index (χ0) is 18.7. The summed E-state index contributed by atoms with van der Waals surface area (Å²) >= 11 is 0. The highest BCUT2D eigenvalue weighted by Gasteiger charge is 2.30. The van der Waals surface area contributed by atoms with Crippen LogP contribution >= 0.6 is 0 Å². The summed E-state index contributed by atoms with van der Waals surface area (Å²) < 4.78 is 13.3. The van der Waals surface area contributed by atoms with Crippen LogP contribution in [0.4, 0.5) is 4.39 Å². The fourth-order valence-electron chi connectivity index (χ4n) is 2.02. The molecule has 3 amide bonds. The average Bonchev–Trinajstić information content (AvgIpc) is 2.61. The van der Waals surface area contributed by atoms with E-state index in [1.54, 1.807) is 6.92 Å². The highest BCUT2D eigenvalue weighted by atomic mass is 19.1. The Morgan fingerprint density at radius 2 is 1.92 bits per heavy atom. The summed E-state index contributed by atoms with van der Waals surface area (Å²) in [5.41, 5.74) is 0.469. The van der Waals surface area contributed by atoms with E-state index in [4.69, 9.17) is 0 Å². The molecule has 1 aromatic rings. The molecule has 0 aliphatic heterocycles. The second-order valence-corrected chi connectivity index (χ2v) is 4.65. The number of carbonyl (C=O) groups is 4. The second kappa shape index (κ2) is 11.0. The van der Waals surface area contributed by atoms with Gasteiger partial charge in [-0.3, -0.25) is 19.3 Å². The van der Waals surface area contributed by atoms with E-state index in [1.165, 1.54) is 19.2 Å². The Balaban J connectivity index is 0.00000254. The first-order chi connectivity index (χ1) is 11.5. The van der Waals surface area contributed by atoms with Gasteiger partial charge in [-0.05, 0) is 31.0 Å². The van der Waals surface area contributed by atoms with Crippen molar-refractivity contribution in [2.24, 2.45) is 0 Å². The summed E-state index contributed by atoms with van der Waals surface area (Å²) in [5, 5.41) is 2.34. The fraction of sp³-hybridized carbons (Fsp3) is 0.412. The van der Waals surface area contributed by atoms with Crippen LogP contribution in [0.5, 0.6) is 0 Å². The van der Waals surface area contributed by atoms with Crippen molar-refractivity contribution >= 4 is 24.5 Å². The smallest absolute Gasteiger partial charge is 0.261 e. The molecule has 1 rings (SSSR count). The molecular weight excluding hydrogens is 315 g/mol. The number of hydrogen-bond acceptors (Lipinski definition) is 4. The molecule has 0 spiro atoms. The lowest BCUT2D eigenvalue weighted by Crippen LogP contribution is -2.48. The van der Waals surface area contributed by atoms with Gasteiger partial charge in [-0.1, -0.05) is 19.9 Å². The van der Waals surface area contributed by atoms with Crippen molar-refractivity contribution in [1.29, 1.82) is 0 Å². The van der Waals surface area contributed by atoms with Crippen molar-refractivity contribution in [3.8, 4) is 0 Å². The van der Waals surface area contributed by atoms with E-state index in [2.05, 4.69) is 5.32 Å². The number of amides is 3. The van der Waals surface area contributed by atoms with E-state index in [1.807, 2.05) is 13.8 Å². The third-order valence-corrected chi connectivity index (χ3v) is 3.22. The van der Waals surface area contributed by atoms with Gasteiger partial charge in [0.1, 0.15) is 18.1 Å². The first kappa shape index (κ1) is 21.4. The predicted molar refractivity (Wildman–Crippen MR) is 87.9 cm³/mol. The molecule has 132 valence electrons. The Hall–Kier alpha value is -2.57. The van der Waals surface area contributed by atoms with Crippen LogP contribution in [-0.2, 0) is 14.4 Å². The van der Waals surface area contributed by atoms with E-state index in [9.17, 15) is 23.6 Å². The fourth-order valence-corrected chi connectivity index (χ4v) is 2.02. The van der Waals surface area contributed by atoms with Gasteiger partial charge >= 0.3 is 0 Å². The molecule has 0 aliphatic rings. The molecule has 0 aromatic heterocycles. The van der Waals surface area contributed by atoms with Crippen LogP contribution in [0.15, 0.2) is 18.2 Å². The van der Waals surface area contributed by atoms with Gasteiger partial charge in [0.2, 0.25) is 12.3 Å². The van der Waals surface area contributed by atoms with Crippen molar-refractivity contribution in [2.75, 3.05) is 7.05 Å². The molecule has 0 fully saturated rings. The van der Waals surface area contributed by atoms with Crippen LogP contribution in [0.25, 0.3) is 0 Å². The van der Waals surface area contributed by atoms with Crippen LogP contribution in [0, 0.1) is 12.7 Å². The first-order valence-electron chi connectivity index (χ1n) is 7.65. The van der Waals surface area contributed by atoms with Crippen LogP contribution in [0.2, 0.25) is 0 Å². The van der Waals surface area contributed by atoms with Crippen molar-refractivity contribution in [2.45, 2.75) is 39.7 Å². The summed E-state index contributed by atoms with van der Waals surface area (Å²) in [7, 11) is 1.36. The molecule has 0 bridgehead atoms. The van der Waals surface area contributed by atoms with E-state index >= 15 is 0 Å². The molecule has 7 heteroatoms. The number of nitrogens with zero attached hydrogens (tertiary/aromatic N) is 1. The Morgan fingerprint density at radius 1 is 1.29 bits per heavy atom. The molecule has 24 heavy (non-hydrogen) atoms. The van der Waals surface area contributed by atoms with E-state index in [0.717, 1.165) is 6.07 Å². The molecule has 0 saturated heterocycles. The first-order valence-corrected chi connectivity index (χ1v) is 7.65. The third kappa shape index (κ3) is 5.57. The van der Waals surface area contributed by atoms with Gasteiger partial charge in [-0.2, -0.15) is 0 Å². The lowest BCUT2D eigenvalue weighted by molar-refractivity contribution is -0.131. The number of carbonyl (C=O) groups excluding carboxylic acids is 4. The normalized spacial score (nSPS) is 10.7. The lowest BCUT2D eigenvalue weighted by atomic mass is 10.0. The van der Waals surface area contributed by atoms with Crippen LogP contribution in [0.1, 0.15) is 42.6 Å². The number of rotatable bonds is 7. The number of nitrogens with one attached hydrogen (secondary N) is 1. The Kier molecular flexibility index (Phi) is 9.86. The van der Waals surface area contributed by atoms with Crippen LogP contribution in [0.3, 0.4) is 0 Å². The topological polar surface area (TPSA) is 83.6 Å². The largest absolute Gasteiger partial charge is 0.357 e. The summed E-state index contributed by atoms with van der Waals surface area (Å²) in [6.45, 7) is 5.59. The van der Waals surface area contributed by atoms with Crippen LogP contribution in [-0.4, -0.2) is 42.5 Å². The van der Waals surface area contributed by atoms with E-state index in [-0.39, 0.29) is 24.8 Å². The minimum absolute atomic E-state index is 0.00200. The SMILES string of the molecule is CC.CNC(=O)C(CCC=O)N(C=O)C(=O)c1cc(F)ccc1C.